The fourth-order valence-corrected chi connectivity index (χ4v) is 5.30. The number of likely N-dealkylation sites (N-methyl/N-ethyl adjacent to an activating group) is 1. The number of nitrogens with zero attached hydrogens (tertiary/aromatic N) is 4. The number of morpholine rings is 1. The Bertz CT molecular complexity index is 840. The van der Waals surface area contributed by atoms with Gasteiger partial charge in [-0.3, -0.25) is 14.5 Å². The Labute approximate surface area is 207 Å². The highest BCUT2D eigenvalue weighted by Gasteiger charge is 2.41. The van der Waals surface area contributed by atoms with Gasteiger partial charge in [0.15, 0.2) is 0 Å². The van der Waals surface area contributed by atoms with E-state index in [1.807, 2.05) is 9.80 Å². The number of rotatable bonds is 8. The van der Waals surface area contributed by atoms with Gasteiger partial charge in [0.25, 0.3) is 0 Å². The van der Waals surface area contributed by atoms with Crippen molar-refractivity contribution in [2.75, 3.05) is 85.3 Å². The van der Waals surface area contributed by atoms with Crippen molar-refractivity contribution in [3.05, 3.63) is 30.1 Å². The Morgan fingerprint density at radius 2 is 1.63 bits per heavy atom. The molecule has 0 aliphatic carbocycles. The van der Waals surface area contributed by atoms with Gasteiger partial charge in [0.05, 0.1) is 26.4 Å². The van der Waals surface area contributed by atoms with Crippen LogP contribution in [-0.2, 0) is 14.3 Å². The van der Waals surface area contributed by atoms with Crippen LogP contribution in [0.1, 0.15) is 26.2 Å². The van der Waals surface area contributed by atoms with E-state index in [9.17, 15) is 14.0 Å². The predicted molar refractivity (Wildman–Crippen MR) is 131 cm³/mol. The molecule has 3 aliphatic heterocycles. The number of hydrogen-bond donors (Lipinski definition) is 0. The van der Waals surface area contributed by atoms with E-state index in [2.05, 4.69) is 16.7 Å². The van der Waals surface area contributed by atoms with Gasteiger partial charge in [-0.05, 0) is 43.7 Å². The standard InChI is InChI=1S/C26H39FN4O4/c1-2-28-10-12-29(13-11-28)19-25(33)31-9-3-8-26(20-31,18-24(32)30-14-16-34-17-15-30)21-35-23-6-4-22(27)5-7-23/h4-7H,2-3,8-21H2,1H3/t26-/m1/s1. The van der Waals surface area contributed by atoms with Crippen molar-refractivity contribution >= 4 is 11.8 Å². The lowest BCUT2D eigenvalue weighted by molar-refractivity contribution is -0.144. The quantitative estimate of drug-likeness (QED) is 0.553. The maximum atomic E-state index is 13.3. The van der Waals surface area contributed by atoms with Gasteiger partial charge in [-0.1, -0.05) is 6.92 Å². The number of ether oxygens (including phenoxy) is 2. The highest BCUT2D eigenvalue weighted by atomic mass is 19.1. The van der Waals surface area contributed by atoms with E-state index in [0.717, 1.165) is 45.6 Å². The van der Waals surface area contributed by atoms with Gasteiger partial charge in [0.1, 0.15) is 11.6 Å². The van der Waals surface area contributed by atoms with Gasteiger partial charge in [-0.15, -0.1) is 0 Å². The first-order chi connectivity index (χ1) is 17.0. The van der Waals surface area contributed by atoms with E-state index in [1.165, 1.54) is 12.1 Å². The summed E-state index contributed by atoms with van der Waals surface area (Å²) in [5, 5.41) is 0. The second kappa shape index (κ2) is 12.1. The molecule has 8 nitrogen and oxygen atoms in total. The molecule has 2 amide bonds. The summed E-state index contributed by atoms with van der Waals surface area (Å²) in [5.74, 6) is 0.464. The normalized spacial score (nSPS) is 24.4. The molecule has 35 heavy (non-hydrogen) atoms. The molecule has 3 aliphatic rings. The Balaban J connectivity index is 1.42. The monoisotopic (exact) mass is 490 g/mol. The van der Waals surface area contributed by atoms with E-state index in [4.69, 9.17) is 9.47 Å². The highest BCUT2D eigenvalue weighted by molar-refractivity contribution is 5.79. The van der Waals surface area contributed by atoms with Crippen LogP contribution < -0.4 is 4.74 Å². The van der Waals surface area contributed by atoms with Crippen molar-refractivity contribution in [2.24, 2.45) is 5.41 Å². The van der Waals surface area contributed by atoms with Crippen LogP contribution in [0.2, 0.25) is 0 Å². The molecule has 3 heterocycles. The number of piperidine rings is 1. The maximum absolute atomic E-state index is 13.3. The molecule has 3 fully saturated rings. The van der Waals surface area contributed by atoms with Crippen molar-refractivity contribution in [3.63, 3.8) is 0 Å². The number of carbonyl (C=O) groups excluding carboxylic acids is 2. The summed E-state index contributed by atoms with van der Waals surface area (Å²) in [6, 6.07) is 5.95. The van der Waals surface area contributed by atoms with E-state index >= 15 is 0 Å². The summed E-state index contributed by atoms with van der Waals surface area (Å²) in [6.45, 7) is 11.3. The van der Waals surface area contributed by atoms with Crippen molar-refractivity contribution in [1.82, 2.24) is 19.6 Å². The van der Waals surface area contributed by atoms with Gasteiger partial charge >= 0.3 is 0 Å². The molecule has 1 aromatic carbocycles. The van der Waals surface area contributed by atoms with Crippen LogP contribution >= 0.6 is 0 Å². The molecule has 0 saturated carbocycles. The number of carbonyl (C=O) groups is 2. The van der Waals surface area contributed by atoms with Crippen LogP contribution in [0.15, 0.2) is 24.3 Å². The minimum Gasteiger partial charge on any atom is -0.493 e. The Hall–Kier alpha value is -2.23. The summed E-state index contributed by atoms with van der Waals surface area (Å²) >= 11 is 0. The zero-order chi connectivity index (χ0) is 24.7. The molecular formula is C26H39FN4O4. The van der Waals surface area contributed by atoms with Crippen LogP contribution in [0.5, 0.6) is 5.75 Å². The van der Waals surface area contributed by atoms with Crippen molar-refractivity contribution in [1.29, 1.82) is 0 Å². The van der Waals surface area contributed by atoms with Gasteiger partial charge < -0.3 is 24.2 Å². The smallest absolute Gasteiger partial charge is 0.236 e. The minimum atomic E-state index is -0.474. The third kappa shape index (κ3) is 7.15. The molecular weight excluding hydrogens is 451 g/mol. The fraction of sp³-hybridized carbons (Fsp3) is 0.692. The van der Waals surface area contributed by atoms with Gasteiger partial charge in [-0.2, -0.15) is 0 Å². The van der Waals surface area contributed by atoms with Gasteiger partial charge in [-0.25, -0.2) is 4.39 Å². The van der Waals surface area contributed by atoms with Crippen LogP contribution in [0, 0.1) is 11.2 Å². The van der Waals surface area contributed by atoms with E-state index in [1.54, 1.807) is 12.1 Å². The second-order valence-electron chi connectivity index (χ2n) is 10.0. The number of hydrogen-bond acceptors (Lipinski definition) is 6. The zero-order valence-electron chi connectivity index (χ0n) is 20.9. The van der Waals surface area contributed by atoms with Gasteiger partial charge in [0.2, 0.25) is 11.8 Å². The Morgan fingerprint density at radius 3 is 2.31 bits per heavy atom. The van der Waals surface area contributed by atoms with E-state index in [0.29, 0.717) is 64.7 Å². The first kappa shape index (κ1) is 25.9. The molecule has 194 valence electrons. The molecule has 0 aromatic heterocycles. The molecule has 0 bridgehead atoms. The average Bonchev–Trinajstić information content (AvgIpc) is 2.89. The lowest BCUT2D eigenvalue weighted by atomic mass is 9.77. The van der Waals surface area contributed by atoms with Crippen molar-refractivity contribution < 1.29 is 23.5 Å². The van der Waals surface area contributed by atoms with E-state index in [-0.39, 0.29) is 17.6 Å². The zero-order valence-corrected chi connectivity index (χ0v) is 20.9. The predicted octanol–water partition coefficient (Wildman–Crippen LogP) is 1.70. The summed E-state index contributed by atoms with van der Waals surface area (Å²) in [5.41, 5.74) is -0.474. The first-order valence-electron chi connectivity index (χ1n) is 12.9. The SMILES string of the molecule is CCN1CCN(CC(=O)N2CCC[C@@](COc3ccc(F)cc3)(CC(=O)N3CCOCC3)C2)CC1. The largest absolute Gasteiger partial charge is 0.493 e. The van der Waals surface area contributed by atoms with Crippen molar-refractivity contribution in [2.45, 2.75) is 26.2 Å². The maximum Gasteiger partial charge on any atom is 0.236 e. The van der Waals surface area contributed by atoms with Crippen LogP contribution in [-0.4, -0.2) is 117 Å². The highest BCUT2D eigenvalue weighted by Crippen LogP contribution is 2.35. The number of benzene rings is 1. The fourth-order valence-electron chi connectivity index (χ4n) is 5.30. The Morgan fingerprint density at radius 1 is 0.943 bits per heavy atom. The third-order valence-electron chi connectivity index (χ3n) is 7.53. The topological polar surface area (TPSA) is 65.6 Å². The summed E-state index contributed by atoms with van der Waals surface area (Å²) in [7, 11) is 0. The molecule has 0 unspecified atom stereocenters. The molecule has 0 radical (unpaired) electrons. The molecule has 9 heteroatoms. The number of likely N-dealkylation sites (tertiary alicyclic amines) is 1. The van der Waals surface area contributed by atoms with Crippen LogP contribution in [0.4, 0.5) is 4.39 Å². The molecule has 1 atom stereocenters. The van der Waals surface area contributed by atoms with Crippen LogP contribution in [0.25, 0.3) is 0 Å². The van der Waals surface area contributed by atoms with E-state index < -0.39 is 5.41 Å². The number of amides is 2. The summed E-state index contributed by atoms with van der Waals surface area (Å²) < 4.78 is 24.8. The molecule has 3 saturated heterocycles. The molecule has 4 rings (SSSR count). The second-order valence-corrected chi connectivity index (χ2v) is 10.0. The number of piperazine rings is 1. The van der Waals surface area contributed by atoms with Crippen LogP contribution in [0.3, 0.4) is 0 Å². The number of halogens is 1. The van der Waals surface area contributed by atoms with Crippen molar-refractivity contribution in [3.8, 4) is 5.75 Å². The van der Waals surface area contributed by atoms with Gasteiger partial charge in [0, 0.05) is 64.2 Å². The lowest BCUT2D eigenvalue weighted by Crippen LogP contribution is -2.55. The average molecular weight is 491 g/mol. The lowest BCUT2D eigenvalue weighted by Gasteiger charge is -2.44. The molecule has 1 aromatic rings. The molecule has 0 spiro atoms. The molecule has 0 N–H and O–H groups in total. The summed E-state index contributed by atoms with van der Waals surface area (Å²) in [6.07, 6.45) is 1.97. The third-order valence-corrected chi connectivity index (χ3v) is 7.53. The Kier molecular flexibility index (Phi) is 8.97. The minimum absolute atomic E-state index is 0.0843. The summed E-state index contributed by atoms with van der Waals surface area (Å²) in [4.78, 5) is 34.9. The first-order valence-corrected chi connectivity index (χ1v) is 12.9.